The Morgan fingerprint density at radius 2 is 2.03 bits per heavy atom. The molecule has 1 fully saturated rings. The largest absolute Gasteiger partial charge is 0.441 e. The third-order valence-corrected chi connectivity index (χ3v) is 6.42. The zero-order valence-electron chi connectivity index (χ0n) is 20.2. The molecule has 12 nitrogen and oxygen atoms in total. The summed E-state index contributed by atoms with van der Waals surface area (Å²) in [6.45, 7) is 3.50. The standard InChI is InChI=1S/C24H23ClN8O4/c1-13-11-18(37-31-13)24(8-9-24)22(34)28-15-6-7-17(27-12-15)19-21(33(3)32-30-19)29-23(35)36-14(2)16-5-4-10-26-20(16)25/h4-7,10-12,14H,8-9H2,1-3H3,(H,28,34)(H,29,35)/t14-/m1/s1. The molecule has 0 unspecified atom stereocenters. The smallest absolute Gasteiger partial charge is 0.413 e. The van der Waals surface area contributed by atoms with Crippen molar-refractivity contribution in [1.29, 1.82) is 0 Å². The minimum absolute atomic E-state index is 0.175. The van der Waals surface area contributed by atoms with Gasteiger partial charge in [-0.15, -0.1) is 5.10 Å². The summed E-state index contributed by atoms with van der Waals surface area (Å²) >= 11 is 6.09. The Bertz CT molecular complexity index is 1460. The Morgan fingerprint density at radius 1 is 1.22 bits per heavy atom. The fraction of sp³-hybridized carbons (Fsp3) is 0.292. The molecule has 4 aromatic rings. The van der Waals surface area contributed by atoms with Crippen LogP contribution in [0, 0.1) is 6.92 Å². The van der Waals surface area contributed by atoms with Crippen molar-refractivity contribution in [2.75, 3.05) is 10.6 Å². The maximum atomic E-state index is 12.9. The average Bonchev–Trinajstić information content (AvgIpc) is 3.46. The summed E-state index contributed by atoms with van der Waals surface area (Å²) in [7, 11) is 1.63. The zero-order valence-corrected chi connectivity index (χ0v) is 21.0. The van der Waals surface area contributed by atoms with Crippen LogP contribution in [0.1, 0.15) is 42.9 Å². The van der Waals surface area contributed by atoms with Gasteiger partial charge in [0, 0.05) is 24.9 Å². The van der Waals surface area contributed by atoms with E-state index in [1.807, 2.05) is 6.92 Å². The third kappa shape index (κ3) is 4.87. The Kier molecular flexibility index (Phi) is 6.34. The predicted molar refractivity (Wildman–Crippen MR) is 133 cm³/mol. The number of ether oxygens (including phenoxy) is 1. The van der Waals surface area contributed by atoms with Crippen molar-refractivity contribution in [3.63, 3.8) is 0 Å². The molecule has 5 rings (SSSR count). The number of rotatable bonds is 7. The summed E-state index contributed by atoms with van der Waals surface area (Å²) in [5.74, 6) is 0.677. The number of aromatic nitrogens is 6. The van der Waals surface area contributed by atoms with E-state index in [0.717, 1.165) is 5.69 Å². The average molecular weight is 523 g/mol. The summed E-state index contributed by atoms with van der Waals surface area (Å²) in [5.41, 5.74) is 1.90. The molecule has 1 saturated carbocycles. The number of pyridine rings is 2. The van der Waals surface area contributed by atoms with Crippen LogP contribution in [0.15, 0.2) is 47.2 Å². The van der Waals surface area contributed by atoms with Crippen molar-refractivity contribution in [2.45, 2.75) is 38.2 Å². The van der Waals surface area contributed by atoms with Crippen LogP contribution in [0.2, 0.25) is 5.15 Å². The number of carbonyl (C=O) groups is 2. The lowest BCUT2D eigenvalue weighted by Gasteiger charge is -2.15. The van der Waals surface area contributed by atoms with Crippen LogP contribution in [-0.4, -0.2) is 42.1 Å². The number of anilines is 2. The highest BCUT2D eigenvalue weighted by Gasteiger charge is 2.54. The Balaban J connectivity index is 1.27. The number of hydrogen-bond acceptors (Lipinski definition) is 9. The second-order valence-electron chi connectivity index (χ2n) is 8.77. The minimum atomic E-state index is -0.722. The fourth-order valence-electron chi connectivity index (χ4n) is 3.88. The number of halogens is 1. The van der Waals surface area contributed by atoms with Crippen molar-refractivity contribution in [3.05, 3.63) is 64.9 Å². The van der Waals surface area contributed by atoms with Gasteiger partial charge in [0.2, 0.25) is 5.91 Å². The molecule has 2 amide bonds. The predicted octanol–water partition coefficient (Wildman–Crippen LogP) is 4.20. The topological polar surface area (TPSA) is 150 Å². The molecule has 1 aliphatic rings. The van der Waals surface area contributed by atoms with Gasteiger partial charge < -0.3 is 14.6 Å². The molecule has 1 atom stereocenters. The number of aryl methyl sites for hydroxylation is 2. The Hall–Kier alpha value is -4.32. The van der Waals surface area contributed by atoms with Crippen LogP contribution in [0.4, 0.5) is 16.3 Å². The lowest BCUT2D eigenvalue weighted by atomic mass is 10.0. The first-order chi connectivity index (χ1) is 17.8. The van der Waals surface area contributed by atoms with E-state index < -0.39 is 17.6 Å². The number of amides is 2. The van der Waals surface area contributed by atoms with Crippen molar-refractivity contribution in [1.82, 2.24) is 30.1 Å². The molecule has 0 spiro atoms. The molecule has 190 valence electrons. The second-order valence-corrected chi connectivity index (χ2v) is 9.13. The second kappa shape index (κ2) is 9.62. The van der Waals surface area contributed by atoms with Gasteiger partial charge in [0.05, 0.1) is 23.3 Å². The number of carbonyl (C=O) groups excluding carboxylic acids is 2. The normalized spacial score (nSPS) is 14.6. The minimum Gasteiger partial charge on any atom is -0.441 e. The molecule has 2 N–H and O–H groups in total. The van der Waals surface area contributed by atoms with E-state index in [2.05, 4.69) is 36.1 Å². The fourth-order valence-corrected chi connectivity index (χ4v) is 4.15. The lowest BCUT2D eigenvalue weighted by molar-refractivity contribution is -0.119. The first kappa shape index (κ1) is 24.4. The Labute approximate surface area is 216 Å². The first-order valence-electron chi connectivity index (χ1n) is 11.5. The summed E-state index contributed by atoms with van der Waals surface area (Å²) in [6, 6.07) is 8.59. The molecule has 0 aliphatic heterocycles. The summed E-state index contributed by atoms with van der Waals surface area (Å²) in [5, 5.41) is 17.8. The third-order valence-electron chi connectivity index (χ3n) is 6.11. The number of nitrogens with zero attached hydrogens (tertiary/aromatic N) is 6. The van der Waals surface area contributed by atoms with Crippen molar-refractivity contribution < 1.29 is 18.8 Å². The maximum absolute atomic E-state index is 12.9. The van der Waals surface area contributed by atoms with Gasteiger partial charge in [-0.3, -0.25) is 15.1 Å². The molecule has 1 aliphatic carbocycles. The highest BCUT2D eigenvalue weighted by molar-refractivity contribution is 6.30. The molecule has 0 aromatic carbocycles. The van der Waals surface area contributed by atoms with Crippen LogP contribution in [-0.2, 0) is 22.0 Å². The van der Waals surface area contributed by atoms with Crippen LogP contribution in [0.3, 0.4) is 0 Å². The van der Waals surface area contributed by atoms with E-state index in [9.17, 15) is 9.59 Å². The monoisotopic (exact) mass is 522 g/mol. The van der Waals surface area contributed by atoms with Crippen LogP contribution >= 0.6 is 11.6 Å². The van der Waals surface area contributed by atoms with Gasteiger partial charge in [0.25, 0.3) is 0 Å². The van der Waals surface area contributed by atoms with Gasteiger partial charge in [-0.05, 0) is 44.9 Å². The number of hydrogen-bond donors (Lipinski definition) is 2. The quantitative estimate of drug-likeness (QED) is 0.340. The lowest BCUT2D eigenvalue weighted by Crippen LogP contribution is -2.27. The van der Waals surface area contributed by atoms with Crippen LogP contribution in [0.5, 0.6) is 0 Å². The molecule has 4 heterocycles. The van der Waals surface area contributed by atoms with Gasteiger partial charge in [-0.1, -0.05) is 28.0 Å². The van der Waals surface area contributed by atoms with Gasteiger partial charge >= 0.3 is 6.09 Å². The molecule has 0 bridgehead atoms. The van der Waals surface area contributed by atoms with Crippen molar-refractivity contribution >= 4 is 35.1 Å². The molecule has 37 heavy (non-hydrogen) atoms. The SMILES string of the molecule is Cc1cc(C2(C(=O)Nc3ccc(-c4nnn(C)c4NC(=O)O[C@H](C)c4cccnc4Cl)nc3)CC2)on1. The van der Waals surface area contributed by atoms with Gasteiger partial charge in [-0.2, -0.15) is 0 Å². The van der Waals surface area contributed by atoms with E-state index in [1.54, 1.807) is 50.5 Å². The van der Waals surface area contributed by atoms with E-state index in [1.165, 1.54) is 10.9 Å². The maximum Gasteiger partial charge on any atom is 0.413 e. The van der Waals surface area contributed by atoms with E-state index in [4.69, 9.17) is 20.9 Å². The first-order valence-corrected chi connectivity index (χ1v) is 11.8. The van der Waals surface area contributed by atoms with Crippen LogP contribution in [0.25, 0.3) is 11.4 Å². The van der Waals surface area contributed by atoms with Crippen LogP contribution < -0.4 is 10.6 Å². The zero-order chi connectivity index (χ0) is 26.2. The van der Waals surface area contributed by atoms with Crippen molar-refractivity contribution in [2.24, 2.45) is 7.05 Å². The van der Waals surface area contributed by atoms with E-state index in [-0.39, 0.29) is 16.9 Å². The molecule has 4 aromatic heterocycles. The Morgan fingerprint density at radius 3 is 2.68 bits per heavy atom. The summed E-state index contributed by atoms with van der Waals surface area (Å²) in [6.07, 6.45) is 3.09. The van der Waals surface area contributed by atoms with E-state index in [0.29, 0.717) is 41.2 Å². The molecular formula is C24H23ClN8O4. The van der Waals surface area contributed by atoms with Crippen molar-refractivity contribution in [3.8, 4) is 11.4 Å². The van der Waals surface area contributed by atoms with Gasteiger partial charge in [-0.25, -0.2) is 14.5 Å². The van der Waals surface area contributed by atoms with Gasteiger partial charge in [0.1, 0.15) is 16.7 Å². The summed E-state index contributed by atoms with van der Waals surface area (Å²) in [4.78, 5) is 33.9. The highest BCUT2D eigenvalue weighted by Crippen LogP contribution is 2.49. The highest BCUT2D eigenvalue weighted by atomic mass is 35.5. The molecular weight excluding hydrogens is 500 g/mol. The molecule has 13 heteroatoms. The van der Waals surface area contributed by atoms with Gasteiger partial charge in [0.15, 0.2) is 17.3 Å². The number of nitrogens with one attached hydrogen (secondary N) is 2. The summed E-state index contributed by atoms with van der Waals surface area (Å²) < 4.78 is 12.2. The molecule has 0 radical (unpaired) electrons. The van der Waals surface area contributed by atoms with E-state index >= 15 is 0 Å². The molecule has 0 saturated heterocycles.